The molecule has 0 aliphatic heterocycles. The molecule has 0 saturated heterocycles. The van der Waals surface area contributed by atoms with E-state index in [0.29, 0.717) is 0 Å². The van der Waals surface area contributed by atoms with Crippen molar-refractivity contribution in [3.8, 4) is 0 Å². The molecule has 1 unspecified atom stereocenters. The van der Waals surface area contributed by atoms with Crippen molar-refractivity contribution in [2.45, 2.75) is 22.3 Å². The summed E-state index contributed by atoms with van der Waals surface area (Å²) >= 11 is 0. The minimum atomic E-state index is -3.80. The monoisotopic (exact) mass is 337 g/mol. The van der Waals surface area contributed by atoms with Crippen LogP contribution in [0.2, 0.25) is 0 Å². The fraction of sp³-hybridized carbons (Fsp3) is 0.500. The Morgan fingerprint density at radius 1 is 1.14 bits per heavy atom. The number of hydrogen-bond donors (Lipinski definition) is 2. The summed E-state index contributed by atoms with van der Waals surface area (Å²) < 4.78 is 54.3. The van der Waals surface area contributed by atoms with Gasteiger partial charge in [0.1, 0.15) is 0 Å². The Morgan fingerprint density at radius 3 is 2.10 bits per heavy atom. The van der Waals surface area contributed by atoms with E-state index in [1.807, 2.05) is 0 Å². The number of aliphatic hydroxyl groups is 1. The Labute approximate surface area is 124 Å². The molecule has 1 aromatic rings. The van der Waals surface area contributed by atoms with Gasteiger partial charge in [-0.15, -0.1) is 0 Å². The third-order valence-electron chi connectivity index (χ3n) is 2.73. The summed E-state index contributed by atoms with van der Waals surface area (Å²) in [5.41, 5.74) is 0. The minimum absolute atomic E-state index is 0.0465. The summed E-state index contributed by atoms with van der Waals surface area (Å²) in [5.74, 6) is 0. The summed E-state index contributed by atoms with van der Waals surface area (Å²) in [4.78, 5) is -0.000748. The van der Waals surface area contributed by atoms with E-state index in [4.69, 9.17) is 9.84 Å². The quantitative estimate of drug-likeness (QED) is 0.678. The van der Waals surface area contributed by atoms with Crippen LogP contribution in [0.5, 0.6) is 0 Å². The van der Waals surface area contributed by atoms with Gasteiger partial charge >= 0.3 is 0 Å². The van der Waals surface area contributed by atoms with Crippen molar-refractivity contribution in [2.24, 2.45) is 0 Å². The van der Waals surface area contributed by atoms with Gasteiger partial charge in [-0.25, -0.2) is 21.6 Å². The van der Waals surface area contributed by atoms with Crippen LogP contribution in [-0.2, 0) is 24.6 Å². The molecule has 2 N–H and O–H groups in total. The second-order valence-electron chi connectivity index (χ2n) is 4.53. The van der Waals surface area contributed by atoms with Gasteiger partial charge in [0, 0.05) is 26.0 Å². The van der Waals surface area contributed by atoms with Crippen LogP contribution < -0.4 is 4.72 Å². The Kier molecular flexibility index (Phi) is 6.29. The van der Waals surface area contributed by atoms with E-state index >= 15 is 0 Å². The Morgan fingerprint density at radius 2 is 1.67 bits per heavy atom. The van der Waals surface area contributed by atoms with Gasteiger partial charge in [-0.2, -0.15) is 0 Å². The van der Waals surface area contributed by atoms with Crippen LogP contribution in [0.1, 0.15) is 6.42 Å². The fourth-order valence-electron chi connectivity index (χ4n) is 1.69. The number of benzene rings is 1. The van der Waals surface area contributed by atoms with Crippen LogP contribution in [0, 0.1) is 0 Å². The van der Waals surface area contributed by atoms with Gasteiger partial charge in [0.15, 0.2) is 9.84 Å². The second kappa shape index (κ2) is 7.32. The largest absolute Gasteiger partial charge is 0.396 e. The van der Waals surface area contributed by atoms with Gasteiger partial charge in [-0.3, -0.25) is 0 Å². The lowest BCUT2D eigenvalue weighted by atomic mass is 10.2. The van der Waals surface area contributed by atoms with Crippen LogP contribution in [-0.4, -0.2) is 54.6 Å². The maximum atomic E-state index is 12.2. The van der Waals surface area contributed by atoms with Crippen LogP contribution in [0.25, 0.3) is 0 Å². The van der Waals surface area contributed by atoms with Crippen LogP contribution >= 0.6 is 0 Å². The molecule has 0 bridgehead atoms. The first-order valence-corrected chi connectivity index (χ1v) is 9.50. The fourth-order valence-corrected chi connectivity index (χ4v) is 3.57. The molecule has 0 aliphatic rings. The molecule has 0 spiro atoms. The highest BCUT2D eigenvalue weighted by Crippen LogP contribution is 2.15. The molecule has 0 heterocycles. The van der Waals surface area contributed by atoms with Gasteiger partial charge in [-0.05, 0) is 30.7 Å². The summed E-state index contributed by atoms with van der Waals surface area (Å²) in [7, 11) is -5.75. The number of aliphatic hydroxyl groups excluding tert-OH is 1. The molecule has 0 saturated carbocycles. The molecule has 7 nitrogen and oxygen atoms in total. The van der Waals surface area contributed by atoms with E-state index in [-0.39, 0.29) is 29.4 Å². The van der Waals surface area contributed by atoms with E-state index in [0.717, 1.165) is 6.26 Å². The van der Waals surface area contributed by atoms with Crippen molar-refractivity contribution < 1.29 is 26.7 Å². The molecule has 1 rings (SSSR count). The number of hydrogen-bond acceptors (Lipinski definition) is 6. The second-order valence-corrected chi connectivity index (χ2v) is 8.26. The smallest absolute Gasteiger partial charge is 0.240 e. The zero-order valence-electron chi connectivity index (χ0n) is 11.8. The molecule has 0 aromatic heterocycles. The molecule has 1 aromatic carbocycles. The average Bonchev–Trinajstić information content (AvgIpc) is 2.38. The summed E-state index contributed by atoms with van der Waals surface area (Å²) in [5, 5.41) is 8.90. The lowest BCUT2D eigenvalue weighted by Gasteiger charge is -2.17. The Hall–Kier alpha value is -1.00. The zero-order valence-corrected chi connectivity index (χ0v) is 13.4. The van der Waals surface area contributed by atoms with Crippen molar-refractivity contribution in [2.75, 3.05) is 26.6 Å². The molecule has 0 fully saturated rings. The third kappa shape index (κ3) is 5.36. The number of ether oxygens (including phenoxy) is 1. The topological polar surface area (TPSA) is 110 Å². The van der Waals surface area contributed by atoms with E-state index in [1.54, 1.807) is 0 Å². The predicted molar refractivity (Wildman–Crippen MR) is 77.2 cm³/mol. The van der Waals surface area contributed by atoms with Crippen molar-refractivity contribution in [3.63, 3.8) is 0 Å². The van der Waals surface area contributed by atoms with Crippen molar-refractivity contribution in [3.05, 3.63) is 24.3 Å². The normalized spacial score (nSPS) is 14.0. The molecule has 0 aliphatic carbocycles. The van der Waals surface area contributed by atoms with Gasteiger partial charge in [-0.1, -0.05) is 0 Å². The van der Waals surface area contributed by atoms with Gasteiger partial charge in [0.25, 0.3) is 0 Å². The van der Waals surface area contributed by atoms with E-state index < -0.39 is 25.9 Å². The first-order chi connectivity index (χ1) is 9.70. The van der Waals surface area contributed by atoms with E-state index in [9.17, 15) is 16.8 Å². The van der Waals surface area contributed by atoms with Crippen molar-refractivity contribution in [1.82, 2.24) is 4.72 Å². The summed E-state index contributed by atoms with van der Waals surface area (Å²) in [6.45, 7) is -0.0508. The Balaban J connectivity index is 2.97. The van der Waals surface area contributed by atoms with Gasteiger partial charge in [0.2, 0.25) is 10.0 Å². The maximum Gasteiger partial charge on any atom is 0.240 e. The highest BCUT2D eigenvalue weighted by molar-refractivity contribution is 7.90. The number of sulfonamides is 1. The lowest BCUT2D eigenvalue weighted by molar-refractivity contribution is 0.158. The maximum absolute atomic E-state index is 12.2. The molecule has 21 heavy (non-hydrogen) atoms. The van der Waals surface area contributed by atoms with Gasteiger partial charge < -0.3 is 9.84 Å². The average molecular weight is 337 g/mol. The first-order valence-electron chi connectivity index (χ1n) is 6.13. The molecule has 120 valence electrons. The zero-order chi connectivity index (χ0) is 16.1. The molecule has 9 heteroatoms. The standard InChI is InChI=1S/C12H19NO6S2/c1-19-9-10(7-8-14)13-21(17,18)12-5-3-11(4-6-12)20(2,15)16/h3-6,10,13-14H,7-9H2,1-2H3. The summed E-state index contributed by atoms with van der Waals surface area (Å²) in [6.07, 6.45) is 1.26. The number of nitrogens with one attached hydrogen (secondary N) is 1. The Bertz CT molecular complexity index is 645. The van der Waals surface area contributed by atoms with Gasteiger partial charge in [0.05, 0.1) is 16.4 Å². The molecule has 1 atom stereocenters. The van der Waals surface area contributed by atoms with Crippen molar-refractivity contribution in [1.29, 1.82) is 0 Å². The summed E-state index contributed by atoms with van der Waals surface area (Å²) in [6, 6.07) is 4.37. The predicted octanol–water partition coefficient (Wildman–Crippen LogP) is -0.234. The molecular weight excluding hydrogens is 318 g/mol. The number of methoxy groups -OCH3 is 1. The van der Waals surface area contributed by atoms with Crippen LogP contribution in [0.4, 0.5) is 0 Å². The van der Waals surface area contributed by atoms with Crippen LogP contribution in [0.3, 0.4) is 0 Å². The highest BCUT2D eigenvalue weighted by atomic mass is 32.2. The van der Waals surface area contributed by atoms with E-state index in [1.165, 1.54) is 31.4 Å². The number of rotatable bonds is 8. The third-order valence-corrected chi connectivity index (χ3v) is 5.39. The highest BCUT2D eigenvalue weighted by Gasteiger charge is 2.20. The van der Waals surface area contributed by atoms with Crippen molar-refractivity contribution >= 4 is 19.9 Å². The molecular formula is C12H19NO6S2. The minimum Gasteiger partial charge on any atom is -0.396 e. The molecule has 0 radical (unpaired) electrons. The lowest BCUT2D eigenvalue weighted by Crippen LogP contribution is -2.38. The SMILES string of the molecule is COCC(CCO)NS(=O)(=O)c1ccc(S(C)(=O)=O)cc1. The van der Waals surface area contributed by atoms with E-state index in [2.05, 4.69) is 4.72 Å². The first kappa shape index (κ1) is 18.1. The number of sulfone groups is 1. The van der Waals surface area contributed by atoms with Crippen LogP contribution in [0.15, 0.2) is 34.1 Å². The molecule has 0 amide bonds.